The first-order valence-electron chi connectivity index (χ1n) is 8.36. The van der Waals surface area contributed by atoms with E-state index >= 15 is 0 Å². The highest BCUT2D eigenvalue weighted by Gasteiger charge is 2.51. The summed E-state index contributed by atoms with van der Waals surface area (Å²) in [4.78, 5) is 26.2. The lowest BCUT2D eigenvalue weighted by Crippen LogP contribution is -2.38. The third-order valence-electron chi connectivity index (χ3n) is 4.65. The molecule has 1 aliphatic rings. The second-order valence-electron chi connectivity index (χ2n) is 6.89. The number of nitrogens with zero attached hydrogens (tertiary/aromatic N) is 1. The predicted molar refractivity (Wildman–Crippen MR) is 92.5 cm³/mol. The Hall–Kier alpha value is -3.08. The summed E-state index contributed by atoms with van der Waals surface area (Å²) in [6, 6.07) is 4.26. The van der Waals surface area contributed by atoms with E-state index in [1.54, 1.807) is 0 Å². The zero-order chi connectivity index (χ0) is 22.6. The number of hydrogen-bond donors (Lipinski definition) is 2. The quantitative estimate of drug-likeness (QED) is 0.713. The van der Waals surface area contributed by atoms with Gasteiger partial charge in [-0.05, 0) is 35.9 Å². The Morgan fingerprint density at radius 2 is 1.53 bits per heavy atom. The van der Waals surface area contributed by atoms with Gasteiger partial charge in [-0.2, -0.15) is 26.3 Å². The van der Waals surface area contributed by atoms with E-state index in [0.29, 0.717) is 0 Å². The number of rotatable bonds is 2. The van der Waals surface area contributed by atoms with E-state index in [9.17, 15) is 41.0 Å². The van der Waals surface area contributed by atoms with Crippen molar-refractivity contribution in [3.63, 3.8) is 0 Å². The third kappa shape index (κ3) is 3.38. The molecule has 1 heterocycles. The predicted octanol–water partition coefficient (Wildman–Crippen LogP) is 3.61. The fourth-order valence-electron chi connectivity index (χ4n) is 3.23. The second-order valence-corrected chi connectivity index (χ2v) is 6.89. The van der Waals surface area contributed by atoms with E-state index in [-0.39, 0.29) is 29.4 Å². The van der Waals surface area contributed by atoms with Gasteiger partial charge in [0.25, 0.3) is 11.8 Å². The summed E-state index contributed by atoms with van der Waals surface area (Å²) in [6.45, 7) is 0. The smallest absolute Gasteiger partial charge is 0.372 e. The standard InChI is InChI=1S/C19H14F6N2O3/c1-27(2)15(28)12-4-3-5-13-14(12)17(30,16(29)26-13)9-6-10(18(20,21)22)8-11(7-9)19(23,24)25/h3-8,30H,1-2H3,(H,26,29). The Kier molecular flexibility index (Phi) is 4.85. The Bertz CT molecular complexity index is 1010. The van der Waals surface area contributed by atoms with Crippen LogP contribution in [-0.4, -0.2) is 35.9 Å². The summed E-state index contributed by atoms with van der Waals surface area (Å²) in [5.74, 6) is -1.98. The molecule has 160 valence electrons. The van der Waals surface area contributed by atoms with Crippen molar-refractivity contribution >= 4 is 17.5 Å². The maximum absolute atomic E-state index is 13.2. The Morgan fingerprint density at radius 1 is 1.00 bits per heavy atom. The summed E-state index contributed by atoms with van der Waals surface area (Å²) in [7, 11) is 2.72. The number of amides is 2. The molecule has 2 aromatic carbocycles. The average molecular weight is 432 g/mol. The highest BCUT2D eigenvalue weighted by Crippen LogP contribution is 2.46. The summed E-state index contributed by atoms with van der Waals surface area (Å²) in [6.07, 6.45) is -10.4. The SMILES string of the molecule is CN(C)C(=O)c1cccc2c1C(O)(c1cc(C(F)(F)F)cc(C(F)(F)F)c1)C(=O)N2. The number of anilines is 1. The topological polar surface area (TPSA) is 69.6 Å². The lowest BCUT2D eigenvalue weighted by Gasteiger charge is -2.26. The van der Waals surface area contributed by atoms with Crippen LogP contribution in [0.5, 0.6) is 0 Å². The van der Waals surface area contributed by atoms with Gasteiger partial charge in [0.2, 0.25) is 0 Å². The van der Waals surface area contributed by atoms with E-state index in [1.807, 2.05) is 0 Å². The van der Waals surface area contributed by atoms with Crippen LogP contribution in [0.25, 0.3) is 0 Å². The molecule has 0 aromatic heterocycles. The third-order valence-corrected chi connectivity index (χ3v) is 4.65. The van der Waals surface area contributed by atoms with E-state index in [0.717, 1.165) is 4.90 Å². The second kappa shape index (κ2) is 6.73. The molecule has 0 saturated heterocycles. The molecule has 0 fully saturated rings. The van der Waals surface area contributed by atoms with Crippen LogP contribution in [0, 0.1) is 0 Å². The first-order valence-corrected chi connectivity index (χ1v) is 8.36. The van der Waals surface area contributed by atoms with Crippen LogP contribution in [0.15, 0.2) is 36.4 Å². The van der Waals surface area contributed by atoms with Crippen molar-refractivity contribution in [3.05, 3.63) is 64.2 Å². The van der Waals surface area contributed by atoms with Crippen LogP contribution in [-0.2, 0) is 22.7 Å². The van der Waals surface area contributed by atoms with Crippen LogP contribution >= 0.6 is 0 Å². The summed E-state index contributed by atoms with van der Waals surface area (Å²) < 4.78 is 79.5. The van der Waals surface area contributed by atoms with Gasteiger partial charge in [-0.15, -0.1) is 0 Å². The minimum absolute atomic E-state index is 0.0961. The van der Waals surface area contributed by atoms with Crippen molar-refractivity contribution in [1.29, 1.82) is 0 Å². The van der Waals surface area contributed by atoms with Gasteiger partial charge in [0.1, 0.15) is 0 Å². The average Bonchev–Trinajstić information content (AvgIpc) is 2.91. The van der Waals surface area contributed by atoms with Crippen LogP contribution in [0.3, 0.4) is 0 Å². The van der Waals surface area contributed by atoms with Gasteiger partial charge in [0.15, 0.2) is 5.60 Å². The summed E-state index contributed by atoms with van der Waals surface area (Å²) in [5.41, 5.74) is -8.05. The molecule has 0 radical (unpaired) electrons. The van der Waals surface area contributed by atoms with E-state index < -0.39 is 52.0 Å². The van der Waals surface area contributed by atoms with Crippen LogP contribution in [0.1, 0.15) is 32.6 Å². The largest absolute Gasteiger partial charge is 0.416 e. The number of halogens is 6. The summed E-state index contributed by atoms with van der Waals surface area (Å²) >= 11 is 0. The minimum Gasteiger partial charge on any atom is -0.372 e. The Morgan fingerprint density at radius 3 is 2.00 bits per heavy atom. The molecule has 1 aliphatic heterocycles. The van der Waals surface area contributed by atoms with E-state index in [2.05, 4.69) is 5.32 Å². The van der Waals surface area contributed by atoms with Gasteiger partial charge < -0.3 is 15.3 Å². The number of nitrogens with one attached hydrogen (secondary N) is 1. The molecule has 0 aliphatic carbocycles. The number of aliphatic hydroxyl groups is 1. The van der Waals surface area contributed by atoms with Crippen molar-refractivity contribution in [2.45, 2.75) is 18.0 Å². The van der Waals surface area contributed by atoms with Gasteiger partial charge in [-0.1, -0.05) is 6.07 Å². The molecule has 1 atom stereocenters. The van der Waals surface area contributed by atoms with Crippen LogP contribution in [0.4, 0.5) is 32.0 Å². The lowest BCUT2D eigenvalue weighted by molar-refractivity contribution is -0.144. The van der Waals surface area contributed by atoms with Crippen molar-refractivity contribution in [2.75, 3.05) is 19.4 Å². The lowest BCUT2D eigenvalue weighted by atomic mass is 9.82. The van der Waals surface area contributed by atoms with Gasteiger partial charge in [-0.3, -0.25) is 9.59 Å². The molecule has 2 N–H and O–H groups in total. The molecular weight excluding hydrogens is 418 g/mol. The number of benzene rings is 2. The monoisotopic (exact) mass is 432 g/mol. The van der Waals surface area contributed by atoms with Gasteiger partial charge in [0.05, 0.1) is 11.1 Å². The zero-order valence-corrected chi connectivity index (χ0v) is 15.4. The highest BCUT2D eigenvalue weighted by molar-refractivity contribution is 6.11. The minimum atomic E-state index is -5.18. The molecule has 30 heavy (non-hydrogen) atoms. The molecule has 2 amide bonds. The fourth-order valence-corrected chi connectivity index (χ4v) is 3.23. The molecule has 0 saturated carbocycles. The molecule has 2 aromatic rings. The molecular formula is C19H14F6N2O3. The van der Waals surface area contributed by atoms with Crippen molar-refractivity contribution in [1.82, 2.24) is 4.90 Å². The van der Waals surface area contributed by atoms with Crippen molar-refractivity contribution in [3.8, 4) is 0 Å². The summed E-state index contributed by atoms with van der Waals surface area (Å²) in [5, 5.41) is 13.4. The van der Waals surface area contributed by atoms with Crippen molar-refractivity contribution < 1.29 is 41.0 Å². The maximum Gasteiger partial charge on any atom is 0.416 e. The Balaban J connectivity index is 2.35. The highest BCUT2D eigenvalue weighted by atomic mass is 19.4. The van der Waals surface area contributed by atoms with Crippen molar-refractivity contribution in [2.24, 2.45) is 0 Å². The van der Waals surface area contributed by atoms with Gasteiger partial charge >= 0.3 is 12.4 Å². The van der Waals surface area contributed by atoms with Gasteiger partial charge in [-0.25, -0.2) is 0 Å². The first-order chi connectivity index (χ1) is 13.7. The Labute approximate surface area is 165 Å². The molecule has 3 rings (SSSR count). The molecule has 1 unspecified atom stereocenters. The number of fused-ring (bicyclic) bond motifs is 1. The van der Waals surface area contributed by atoms with Gasteiger partial charge in [0, 0.05) is 30.9 Å². The normalized spacial score (nSPS) is 18.8. The fraction of sp³-hybridized carbons (Fsp3) is 0.263. The van der Waals surface area contributed by atoms with Crippen LogP contribution < -0.4 is 5.32 Å². The molecule has 0 spiro atoms. The maximum atomic E-state index is 13.2. The number of alkyl halides is 6. The molecule has 5 nitrogen and oxygen atoms in total. The zero-order valence-electron chi connectivity index (χ0n) is 15.4. The first kappa shape index (κ1) is 21.6. The number of hydrogen-bond acceptors (Lipinski definition) is 3. The van der Waals surface area contributed by atoms with E-state index in [4.69, 9.17) is 0 Å². The molecule has 0 bridgehead atoms. The van der Waals surface area contributed by atoms with E-state index in [1.165, 1.54) is 32.3 Å². The van der Waals surface area contributed by atoms with Crippen LogP contribution in [0.2, 0.25) is 0 Å². The number of carbonyl (C=O) groups is 2. The molecule has 11 heteroatoms. The number of carbonyl (C=O) groups excluding carboxylic acids is 2.